The normalized spacial score (nSPS) is 10.9. The molecule has 25 heavy (non-hydrogen) atoms. The molecule has 1 N–H and O–H groups in total. The molecule has 0 radical (unpaired) electrons. The molecule has 0 atom stereocenters. The monoisotopic (exact) mass is 378 g/mol. The molecule has 0 heterocycles. The Labute approximate surface area is 151 Å². The van der Waals surface area contributed by atoms with Crippen LogP contribution in [0, 0.1) is 11.3 Å². The van der Waals surface area contributed by atoms with Gasteiger partial charge >= 0.3 is 5.97 Å². The van der Waals surface area contributed by atoms with Gasteiger partial charge in [-0.25, -0.2) is 17.9 Å². The SMILES string of the molecule is COC(=O)c1ccc(CCNS(=O)(=O)c2ccc(Cl)c(C#N)c2)cc1. The summed E-state index contributed by atoms with van der Waals surface area (Å²) < 4.78 is 31.6. The molecule has 130 valence electrons. The Morgan fingerprint density at radius 2 is 1.92 bits per heavy atom. The number of halogens is 1. The smallest absolute Gasteiger partial charge is 0.337 e. The Bertz CT molecular complexity index is 919. The lowest BCUT2D eigenvalue weighted by atomic mass is 10.1. The fraction of sp³-hybridized carbons (Fsp3) is 0.176. The standard InChI is InChI=1S/C17H15ClN2O4S/c1-24-17(21)13-4-2-12(3-5-13)8-9-20-25(22,23)15-6-7-16(18)14(10-15)11-19/h2-7,10,20H,8-9H2,1H3. The van der Waals surface area contributed by atoms with E-state index >= 15 is 0 Å². The second-order valence-electron chi connectivity index (χ2n) is 5.09. The number of methoxy groups -OCH3 is 1. The van der Waals surface area contributed by atoms with Crippen molar-refractivity contribution in [2.75, 3.05) is 13.7 Å². The molecule has 0 amide bonds. The van der Waals surface area contributed by atoms with E-state index in [4.69, 9.17) is 16.9 Å². The van der Waals surface area contributed by atoms with Gasteiger partial charge in [0.05, 0.1) is 28.2 Å². The van der Waals surface area contributed by atoms with Crippen molar-refractivity contribution in [3.63, 3.8) is 0 Å². The Morgan fingerprint density at radius 3 is 2.52 bits per heavy atom. The molecular weight excluding hydrogens is 364 g/mol. The van der Waals surface area contributed by atoms with Crippen LogP contribution in [0.2, 0.25) is 5.02 Å². The van der Waals surface area contributed by atoms with Crippen LogP contribution in [0.3, 0.4) is 0 Å². The van der Waals surface area contributed by atoms with Crippen LogP contribution in [0.4, 0.5) is 0 Å². The third kappa shape index (κ3) is 4.79. The van der Waals surface area contributed by atoms with E-state index in [-0.39, 0.29) is 22.0 Å². The van der Waals surface area contributed by atoms with E-state index in [1.54, 1.807) is 24.3 Å². The number of nitriles is 1. The number of hydrogen-bond donors (Lipinski definition) is 1. The highest BCUT2D eigenvalue weighted by Gasteiger charge is 2.15. The van der Waals surface area contributed by atoms with Gasteiger partial charge in [0.1, 0.15) is 6.07 Å². The molecule has 6 nitrogen and oxygen atoms in total. The van der Waals surface area contributed by atoms with Crippen LogP contribution in [0.1, 0.15) is 21.5 Å². The molecule has 0 fully saturated rings. The molecule has 0 spiro atoms. The third-order valence-electron chi connectivity index (χ3n) is 3.45. The molecule has 0 aliphatic carbocycles. The van der Waals surface area contributed by atoms with Crippen LogP contribution >= 0.6 is 11.6 Å². The van der Waals surface area contributed by atoms with E-state index in [9.17, 15) is 13.2 Å². The zero-order valence-electron chi connectivity index (χ0n) is 13.3. The lowest BCUT2D eigenvalue weighted by molar-refractivity contribution is 0.0600. The summed E-state index contributed by atoms with van der Waals surface area (Å²) in [7, 11) is -2.43. The van der Waals surface area contributed by atoms with Gasteiger partial charge in [0.15, 0.2) is 0 Å². The predicted molar refractivity (Wildman–Crippen MR) is 92.8 cm³/mol. The van der Waals surface area contributed by atoms with E-state index in [2.05, 4.69) is 9.46 Å². The summed E-state index contributed by atoms with van der Waals surface area (Å²) in [5.74, 6) is -0.428. The summed E-state index contributed by atoms with van der Waals surface area (Å²) in [4.78, 5) is 11.3. The van der Waals surface area contributed by atoms with Gasteiger partial charge in [-0.3, -0.25) is 0 Å². The second kappa shape index (κ2) is 8.12. The Kier molecular flexibility index (Phi) is 6.15. The van der Waals surface area contributed by atoms with E-state index in [0.717, 1.165) is 5.56 Å². The van der Waals surface area contributed by atoms with E-state index in [1.165, 1.54) is 25.3 Å². The number of carbonyl (C=O) groups is 1. The van der Waals surface area contributed by atoms with Gasteiger partial charge in [0.2, 0.25) is 10.0 Å². The molecule has 0 bridgehead atoms. The number of hydrogen-bond acceptors (Lipinski definition) is 5. The van der Waals surface area contributed by atoms with Crippen molar-refractivity contribution in [3.8, 4) is 6.07 Å². The fourth-order valence-electron chi connectivity index (χ4n) is 2.10. The van der Waals surface area contributed by atoms with Gasteiger partial charge in [-0.2, -0.15) is 5.26 Å². The zero-order valence-corrected chi connectivity index (χ0v) is 14.9. The van der Waals surface area contributed by atoms with Gasteiger partial charge in [-0.15, -0.1) is 0 Å². The number of sulfonamides is 1. The summed E-state index contributed by atoms with van der Waals surface area (Å²) in [6, 6.07) is 12.5. The first-order valence-electron chi connectivity index (χ1n) is 7.24. The number of nitrogens with zero attached hydrogens (tertiary/aromatic N) is 1. The summed E-state index contributed by atoms with van der Waals surface area (Å²) >= 11 is 5.81. The molecule has 8 heteroatoms. The molecule has 2 aromatic carbocycles. The van der Waals surface area contributed by atoms with Crippen molar-refractivity contribution in [2.24, 2.45) is 0 Å². The summed E-state index contributed by atoms with van der Waals surface area (Å²) in [5, 5.41) is 9.13. The van der Waals surface area contributed by atoms with Crippen molar-refractivity contribution < 1.29 is 17.9 Å². The largest absolute Gasteiger partial charge is 0.465 e. The first kappa shape index (κ1) is 18.9. The number of esters is 1. The Balaban J connectivity index is 2.01. The Hall–Kier alpha value is -2.40. The van der Waals surface area contributed by atoms with Crippen molar-refractivity contribution in [1.29, 1.82) is 5.26 Å². The van der Waals surface area contributed by atoms with E-state index in [0.29, 0.717) is 12.0 Å². The van der Waals surface area contributed by atoms with Crippen LogP contribution in [0.25, 0.3) is 0 Å². The molecular formula is C17H15ClN2O4S. The molecule has 0 unspecified atom stereocenters. The average molecular weight is 379 g/mol. The molecule has 2 aromatic rings. The van der Waals surface area contributed by atoms with Crippen LogP contribution in [0.15, 0.2) is 47.4 Å². The minimum absolute atomic E-state index is 0.0190. The van der Waals surface area contributed by atoms with Crippen molar-refractivity contribution in [3.05, 3.63) is 64.2 Å². The quantitative estimate of drug-likeness (QED) is 0.779. The number of benzene rings is 2. The molecule has 0 saturated heterocycles. The molecule has 0 aliphatic rings. The number of ether oxygens (including phenoxy) is 1. The number of nitrogens with one attached hydrogen (secondary N) is 1. The van der Waals surface area contributed by atoms with Crippen LogP contribution in [0.5, 0.6) is 0 Å². The maximum atomic E-state index is 12.3. The summed E-state index contributed by atoms with van der Waals surface area (Å²) in [6.07, 6.45) is 0.444. The minimum Gasteiger partial charge on any atom is -0.465 e. The first-order valence-corrected chi connectivity index (χ1v) is 9.10. The highest BCUT2D eigenvalue weighted by atomic mass is 35.5. The van der Waals surface area contributed by atoms with Gasteiger partial charge in [-0.05, 0) is 42.3 Å². The van der Waals surface area contributed by atoms with Crippen molar-refractivity contribution in [2.45, 2.75) is 11.3 Å². The highest BCUT2D eigenvalue weighted by Crippen LogP contribution is 2.19. The second-order valence-corrected chi connectivity index (χ2v) is 7.26. The average Bonchev–Trinajstić information content (AvgIpc) is 2.61. The topological polar surface area (TPSA) is 96.3 Å². The Morgan fingerprint density at radius 1 is 1.24 bits per heavy atom. The minimum atomic E-state index is -3.74. The van der Waals surface area contributed by atoms with Gasteiger partial charge in [0.25, 0.3) is 0 Å². The van der Waals surface area contributed by atoms with Crippen LogP contribution in [-0.2, 0) is 21.2 Å². The van der Waals surface area contributed by atoms with E-state index in [1.807, 2.05) is 6.07 Å². The van der Waals surface area contributed by atoms with Gasteiger partial charge < -0.3 is 4.74 Å². The molecule has 2 rings (SSSR count). The van der Waals surface area contributed by atoms with Crippen LogP contribution < -0.4 is 4.72 Å². The first-order chi connectivity index (χ1) is 11.9. The molecule has 0 saturated carbocycles. The predicted octanol–water partition coefficient (Wildman–Crippen LogP) is 2.52. The van der Waals surface area contributed by atoms with Gasteiger partial charge in [-0.1, -0.05) is 23.7 Å². The zero-order chi connectivity index (χ0) is 18.4. The van der Waals surface area contributed by atoms with E-state index < -0.39 is 16.0 Å². The summed E-state index contributed by atoms with van der Waals surface area (Å²) in [6.45, 7) is 0.171. The lowest BCUT2D eigenvalue weighted by Gasteiger charge is -2.08. The fourth-order valence-corrected chi connectivity index (χ4v) is 3.31. The van der Waals surface area contributed by atoms with Crippen LogP contribution in [-0.4, -0.2) is 28.0 Å². The number of rotatable bonds is 6. The number of carbonyl (C=O) groups excluding carboxylic acids is 1. The van der Waals surface area contributed by atoms with Crippen molar-refractivity contribution in [1.82, 2.24) is 4.72 Å². The summed E-state index contributed by atoms with van der Waals surface area (Å²) in [5.41, 5.74) is 1.39. The molecule has 0 aliphatic heterocycles. The maximum Gasteiger partial charge on any atom is 0.337 e. The lowest BCUT2D eigenvalue weighted by Crippen LogP contribution is -2.26. The van der Waals surface area contributed by atoms with Gasteiger partial charge in [0, 0.05) is 6.54 Å². The highest BCUT2D eigenvalue weighted by molar-refractivity contribution is 7.89. The molecule has 0 aromatic heterocycles. The maximum absolute atomic E-state index is 12.3. The third-order valence-corrected chi connectivity index (χ3v) is 5.24. The van der Waals surface area contributed by atoms with Crippen molar-refractivity contribution >= 4 is 27.6 Å².